The molecule has 248 valence electrons. The van der Waals surface area contributed by atoms with Gasteiger partial charge in [-0.05, 0) is 118 Å². The Morgan fingerprint density at radius 1 is 1.02 bits per heavy atom. The van der Waals surface area contributed by atoms with Crippen molar-refractivity contribution >= 4 is 16.6 Å². The average molecular weight is 652 g/mol. The van der Waals surface area contributed by atoms with Crippen molar-refractivity contribution in [3.8, 4) is 6.07 Å². The van der Waals surface area contributed by atoms with E-state index in [2.05, 4.69) is 70.7 Å². The molecule has 45 heavy (non-hydrogen) atoms. The highest BCUT2D eigenvalue weighted by Gasteiger charge is 2.66. The zero-order chi connectivity index (χ0) is 32.7. The number of allylic oxidation sites excluding steroid dienone is 1. The predicted octanol–water partition coefficient (Wildman–Crippen LogP) is 7.98. The molecule has 0 amide bonds. The van der Waals surface area contributed by atoms with Crippen LogP contribution >= 0.6 is 0 Å². The Labute approximate surface area is 273 Å². The quantitative estimate of drug-likeness (QED) is 0.230. The lowest BCUT2D eigenvalue weighted by Gasteiger charge is -2.57. The standard InChI is InChI=1S/C37H57NO5Si2/c1-33(2,45(7,8)40)17-13-26-9-11-27(12-10-26)29-23-34(3)30(15-19-36(34,25-38)43-44(4,5)6)28-14-18-35(39)24-37(41-21-22-42-37)20-16-31(35)32(28)29/h9-12,28-30,39-40H,13-24H2,1-8H3/t28?,29-,30?,34+,35-,36+/m1/s1. The molecule has 3 saturated carbocycles. The zero-order valence-electron chi connectivity index (χ0n) is 29.1. The third-order valence-corrected chi connectivity index (χ3v) is 17.6. The molecule has 0 bridgehead atoms. The van der Waals surface area contributed by atoms with Gasteiger partial charge in [0.2, 0.25) is 0 Å². The summed E-state index contributed by atoms with van der Waals surface area (Å²) in [4.78, 5) is 10.8. The maximum absolute atomic E-state index is 12.4. The molecule has 6 atom stereocenters. The van der Waals surface area contributed by atoms with Gasteiger partial charge in [0.25, 0.3) is 0 Å². The third kappa shape index (κ3) is 5.66. The number of fused-ring (bicyclic) bond motifs is 4. The van der Waals surface area contributed by atoms with Gasteiger partial charge >= 0.3 is 0 Å². The number of nitriles is 1. The van der Waals surface area contributed by atoms with E-state index in [1.54, 1.807) is 0 Å². The monoisotopic (exact) mass is 651 g/mol. The summed E-state index contributed by atoms with van der Waals surface area (Å²) >= 11 is 0. The summed E-state index contributed by atoms with van der Waals surface area (Å²) in [6, 6.07) is 12.0. The van der Waals surface area contributed by atoms with E-state index in [0.717, 1.165) is 57.8 Å². The number of hydrogen-bond donors (Lipinski definition) is 2. The van der Waals surface area contributed by atoms with Crippen LogP contribution in [0.4, 0.5) is 0 Å². The van der Waals surface area contributed by atoms with Gasteiger partial charge in [-0.25, -0.2) is 0 Å². The van der Waals surface area contributed by atoms with E-state index in [0.29, 0.717) is 31.5 Å². The molecule has 1 aliphatic heterocycles. The number of nitrogens with zero attached hydrogens (tertiary/aromatic N) is 1. The minimum atomic E-state index is -2.27. The van der Waals surface area contributed by atoms with E-state index in [-0.39, 0.29) is 16.4 Å². The number of ether oxygens (including phenoxy) is 2. The largest absolute Gasteiger partial charge is 0.432 e. The minimum absolute atomic E-state index is 0.0600. The van der Waals surface area contributed by atoms with Crippen LogP contribution in [0.1, 0.15) is 95.6 Å². The van der Waals surface area contributed by atoms with Gasteiger partial charge in [-0.3, -0.25) is 0 Å². The van der Waals surface area contributed by atoms with Crippen LogP contribution in [0.5, 0.6) is 0 Å². The Hall–Kier alpha value is -1.32. The summed E-state index contributed by atoms with van der Waals surface area (Å²) in [6.07, 6.45) is 8.28. The van der Waals surface area contributed by atoms with Crippen molar-refractivity contribution in [2.75, 3.05) is 13.2 Å². The molecule has 4 fully saturated rings. The van der Waals surface area contributed by atoms with E-state index in [1.165, 1.54) is 22.3 Å². The van der Waals surface area contributed by atoms with Gasteiger partial charge in [0.15, 0.2) is 22.4 Å². The minimum Gasteiger partial charge on any atom is -0.432 e. The van der Waals surface area contributed by atoms with Gasteiger partial charge in [0.1, 0.15) is 5.60 Å². The number of benzene rings is 1. The van der Waals surface area contributed by atoms with Crippen LogP contribution in [-0.2, 0) is 20.3 Å². The van der Waals surface area contributed by atoms with E-state index in [4.69, 9.17) is 13.9 Å². The normalized spacial score (nSPS) is 36.4. The molecule has 1 spiro atoms. The fourth-order valence-corrected chi connectivity index (χ4v) is 12.0. The van der Waals surface area contributed by atoms with Gasteiger partial charge in [-0.2, -0.15) is 5.26 Å². The topological polar surface area (TPSA) is 91.9 Å². The summed E-state index contributed by atoms with van der Waals surface area (Å²) in [5.41, 5.74) is 3.30. The summed E-state index contributed by atoms with van der Waals surface area (Å²) in [7, 11) is -4.28. The van der Waals surface area contributed by atoms with Crippen LogP contribution in [0, 0.1) is 28.6 Å². The second-order valence-electron chi connectivity index (χ2n) is 17.6. The van der Waals surface area contributed by atoms with Crippen LogP contribution in [0.15, 0.2) is 35.4 Å². The maximum Gasteiger partial charge on any atom is 0.188 e. The van der Waals surface area contributed by atoms with Crippen LogP contribution in [-0.4, -0.2) is 56.7 Å². The van der Waals surface area contributed by atoms with E-state index in [9.17, 15) is 15.2 Å². The van der Waals surface area contributed by atoms with Crippen LogP contribution in [0.2, 0.25) is 37.8 Å². The molecule has 6 nitrogen and oxygen atoms in total. The summed E-state index contributed by atoms with van der Waals surface area (Å²) < 4.78 is 19.2. The molecule has 0 radical (unpaired) electrons. The Bertz CT molecular complexity index is 1360. The lowest BCUT2D eigenvalue weighted by Crippen LogP contribution is -2.57. The van der Waals surface area contributed by atoms with Gasteiger partial charge in [0, 0.05) is 24.2 Å². The first-order valence-electron chi connectivity index (χ1n) is 17.5. The predicted molar refractivity (Wildman–Crippen MR) is 183 cm³/mol. The molecule has 6 rings (SSSR count). The van der Waals surface area contributed by atoms with Crippen molar-refractivity contribution in [1.29, 1.82) is 5.26 Å². The SMILES string of the molecule is CC(C)(CCc1ccc([C@H]2C[C@@]3(C)C(CC[C@@]3(C#N)O[Si](C)(C)C)C3CC[C@@]4(O)CC5(CCC4=C32)OCCO5)cc1)[Si](C)(C)O. The molecule has 1 heterocycles. The number of aliphatic hydroxyl groups is 1. The Balaban J connectivity index is 1.40. The molecule has 2 N–H and O–H groups in total. The van der Waals surface area contributed by atoms with Crippen molar-refractivity contribution in [2.24, 2.45) is 17.3 Å². The van der Waals surface area contributed by atoms with Crippen molar-refractivity contribution in [3.63, 3.8) is 0 Å². The Kier molecular flexibility index (Phi) is 8.29. The second kappa shape index (κ2) is 11.1. The number of hydrogen-bond acceptors (Lipinski definition) is 6. The fourth-order valence-electron chi connectivity index (χ4n) is 9.88. The van der Waals surface area contributed by atoms with Crippen molar-refractivity contribution in [3.05, 3.63) is 46.5 Å². The number of aryl methyl sites for hydroxylation is 1. The van der Waals surface area contributed by atoms with E-state index < -0.39 is 33.6 Å². The smallest absolute Gasteiger partial charge is 0.188 e. The highest BCUT2D eigenvalue weighted by Crippen LogP contribution is 2.69. The van der Waals surface area contributed by atoms with Gasteiger partial charge in [-0.1, -0.05) is 50.6 Å². The zero-order valence-corrected chi connectivity index (χ0v) is 31.1. The van der Waals surface area contributed by atoms with Crippen LogP contribution in [0.25, 0.3) is 0 Å². The Morgan fingerprint density at radius 3 is 2.29 bits per heavy atom. The highest BCUT2D eigenvalue weighted by molar-refractivity contribution is 6.72. The molecular formula is C37H57NO5Si2. The van der Waals surface area contributed by atoms with E-state index >= 15 is 0 Å². The first-order valence-corrected chi connectivity index (χ1v) is 23.9. The highest BCUT2D eigenvalue weighted by atomic mass is 28.4. The first kappa shape index (κ1) is 33.6. The van der Waals surface area contributed by atoms with Crippen molar-refractivity contribution < 1.29 is 23.8 Å². The van der Waals surface area contributed by atoms with Crippen LogP contribution < -0.4 is 0 Å². The molecule has 2 unspecified atom stereocenters. The first-order chi connectivity index (χ1) is 20.9. The summed E-state index contributed by atoms with van der Waals surface area (Å²) in [5.74, 6) is 0.170. The van der Waals surface area contributed by atoms with Crippen molar-refractivity contribution in [1.82, 2.24) is 0 Å². The van der Waals surface area contributed by atoms with E-state index in [1.807, 2.05) is 13.1 Å². The van der Waals surface area contributed by atoms with Crippen molar-refractivity contribution in [2.45, 2.75) is 146 Å². The van der Waals surface area contributed by atoms with Gasteiger partial charge in [-0.15, -0.1) is 0 Å². The summed E-state index contributed by atoms with van der Waals surface area (Å²) in [6.45, 7) is 18.7. The van der Waals surface area contributed by atoms with Gasteiger partial charge < -0.3 is 23.8 Å². The molecule has 4 aliphatic carbocycles. The average Bonchev–Trinajstić information content (AvgIpc) is 3.51. The fraction of sp³-hybridized carbons (Fsp3) is 0.757. The molecule has 1 saturated heterocycles. The lowest BCUT2D eigenvalue weighted by atomic mass is 9.49. The Morgan fingerprint density at radius 2 is 1.69 bits per heavy atom. The molecule has 8 heteroatoms. The number of rotatable bonds is 7. The molecule has 1 aromatic rings. The van der Waals surface area contributed by atoms with Crippen LogP contribution in [0.3, 0.4) is 0 Å². The summed E-state index contributed by atoms with van der Waals surface area (Å²) in [5, 5.41) is 23.2. The second-order valence-corrected chi connectivity index (χ2v) is 26.5. The molecular weight excluding hydrogens is 595 g/mol. The molecule has 5 aliphatic rings. The molecule has 1 aromatic carbocycles. The molecule has 0 aromatic heterocycles. The maximum atomic E-state index is 12.4. The third-order valence-electron chi connectivity index (χ3n) is 13.1. The lowest BCUT2D eigenvalue weighted by molar-refractivity contribution is -0.208. The van der Waals surface area contributed by atoms with Gasteiger partial charge in [0.05, 0.1) is 24.9 Å².